The first kappa shape index (κ1) is 18.0. The zero-order valence-corrected chi connectivity index (χ0v) is 14.2. The van der Waals surface area contributed by atoms with Crippen LogP contribution in [0.3, 0.4) is 0 Å². The van der Waals surface area contributed by atoms with Gasteiger partial charge in [-0.1, -0.05) is 39.5 Å². The predicted octanol–water partition coefficient (Wildman–Crippen LogP) is 3.46. The van der Waals surface area contributed by atoms with E-state index in [1.807, 2.05) is 6.92 Å². The van der Waals surface area contributed by atoms with Gasteiger partial charge in [-0.2, -0.15) is 0 Å². The predicted molar refractivity (Wildman–Crippen MR) is 88.7 cm³/mol. The van der Waals surface area contributed by atoms with Gasteiger partial charge in [0, 0.05) is 12.2 Å². The van der Waals surface area contributed by atoms with Crippen molar-refractivity contribution in [3.63, 3.8) is 0 Å². The minimum absolute atomic E-state index is 0.286. The largest absolute Gasteiger partial charge is 0.399 e. The molecule has 1 aromatic carbocycles. The molecule has 3 N–H and O–H groups in total. The smallest absolute Gasteiger partial charge is 0.240 e. The Morgan fingerprint density at radius 2 is 1.81 bits per heavy atom. The van der Waals surface area contributed by atoms with Gasteiger partial charge in [0.1, 0.15) is 0 Å². The molecule has 0 aliphatic rings. The molecule has 0 heterocycles. The SMILES string of the molecule is Cc1cc(S(=O)(=O)NCCCCCCC(C)C)ccc1N. The van der Waals surface area contributed by atoms with Crippen LogP contribution in [-0.4, -0.2) is 15.0 Å². The zero-order valence-electron chi connectivity index (χ0n) is 13.4. The fourth-order valence-corrected chi connectivity index (χ4v) is 3.30. The van der Waals surface area contributed by atoms with E-state index in [0.29, 0.717) is 12.2 Å². The third kappa shape index (κ3) is 6.48. The summed E-state index contributed by atoms with van der Waals surface area (Å²) in [5.41, 5.74) is 7.10. The van der Waals surface area contributed by atoms with Crippen LogP contribution in [0.4, 0.5) is 5.69 Å². The molecule has 5 heteroatoms. The first-order valence-corrected chi connectivity index (χ1v) is 9.17. The molecular weight excluding hydrogens is 284 g/mol. The topological polar surface area (TPSA) is 72.2 Å². The van der Waals surface area contributed by atoms with E-state index in [0.717, 1.165) is 24.3 Å². The number of nitrogens with one attached hydrogen (secondary N) is 1. The Balaban J connectivity index is 2.35. The summed E-state index contributed by atoms with van der Waals surface area (Å²) in [7, 11) is -3.41. The lowest BCUT2D eigenvalue weighted by atomic mass is 10.0. The van der Waals surface area contributed by atoms with Gasteiger partial charge in [-0.15, -0.1) is 0 Å². The highest BCUT2D eigenvalue weighted by atomic mass is 32.2. The van der Waals surface area contributed by atoms with Crippen LogP contribution in [0.15, 0.2) is 23.1 Å². The summed E-state index contributed by atoms with van der Waals surface area (Å²) in [6, 6.07) is 4.80. The van der Waals surface area contributed by atoms with Crippen molar-refractivity contribution in [1.82, 2.24) is 4.72 Å². The molecule has 0 saturated heterocycles. The van der Waals surface area contributed by atoms with Gasteiger partial charge >= 0.3 is 0 Å². The van der Waals surface area contributed by atoms with E-state index < -0.39 is 10.0 Å². The Hall–Kier alpha value is -1.07. The molecular formula is C16H28N2O2S. The fourth-order valence-electron chi connectivity index (χ4n) is 2.14. The molecule has 0 amide bonds. The molecule has 1 aromatic rings. The second kappa shape index (κ2) is 8.39. The van der Waals surface area contributed by atoms with Crippen molar-refractivity contribution in [2.75, 3.05) is 12.3 Å². The first-order chi connectivity index (χ1) is 9.83. The average molecular weight is 312 g/mol. The second-order valence-electron chi connectivity index (χ2n) is 6.01. The van der Waals surface area contributed by atoms with Gasteiger partial charge in [0.25, 0.3) is 0 Å². The minimum atomic E-state index is -3.41. The second-order valence-corrected chi connectivity index (χ2v) is 7.78. The van der Waals surface area contributed by atoms with Gasteiger partial charge < -0.3 is 5.73 Å². The summed E-state index contributed by atoms with van der Waals surface area (Å²) in [5, 5.41) is 0. The summed E-state index contributed by atoms with van der Waals surface area (Å²) in [6.07, 6.45) is 5.58. The Kier molecular flexibility index (Phi) is 7.18. The van der Waals surface area contributed by atoms with Crippen molar-refractivity contribution in [2.45, 2.75) is 57.8 Å². The molecule has 0 fully saturated rings. The van der Waals surface area contributed by atoms with E-state index in [9.17, 15) is 8.42 Å². The standard InChI is InChI=1S/C16H28N2O2S/c1-13(2)8-6-4-5-7-11-18-21(19,20)15-9-10-16(17)14(3)12-15/h9-10,12-13,18H,4-8,11,17H2,1-3H3. The molecule has 120 valence electrons. The molecule has 0 aliphatic carbocycles. The summed E-state index contributed by atoms with van der Waals surface area (Å²) >= 11 is 0. The van der Waals surface area contributed by atoms with Crippen molar-refractivity contribution in [3.8, 4) is 0 Å². The molecule has 0 aliphatic heterocycles. The van der Waals surface area contributed by atoms with Crippen LogP contribution in [0.25, 0.3) is 0 Å². The summed E-state index contributed by atoms with van der Waals surface area (Å²) in [6.45, 7) is 6.75. The van der Waals surface area contributed by atoms with Crippen LogP contribution in [0.2, 0.25) is 0 Å². The lowest BCUT2D eigenvalue weighted by Gasteiger charge is -2.09. The number of hydrogen-bond acceptors (Lipinski definition) is 3. The monoisotopic (exact) mass is 312 g/mol. The number of sulfonamides is 1. The van der Waals surface area contributed by atoms with E-state index in [4.69, 9.17) is 5.73 Å². The number of benzene rings is 1. The molecule has 1 rings (SSSR count). The third-order valence-corrected chi connectivity index (χ3v) is 5.01. The van der Waals surface area contributed by atoms with E-state index >= 15 is 0 Å². The van der Waals surface area contributed by atoms with E-state index in [-0.39, 0.29) is 4.90 Å². The molecule has 0 atom stereocenters. The lowest BCUT2D eigenvalue weighted by molar-refractivity contribution is 0.517. The molecule has 0 unspecified atom stereocenters. The van der Waals surface area contributed by atoms with Crippen molar-refractivity contribution >= 4 is 15.7 Å². The fraction of sp³-hybridized carbons (Fsp3) is 0.625. The number of unbranched alkanes of at least 4 members (excludes halogenated alkanes) is 3. The number of hydrogen-bond donors (Lipinski definition) is 2. The third-order valence-electron chi connectivity index (χ3n) is 3.55. The highest BCUT2D eigenvalue weighted by Gasteiger charge is 2.13. The van der Waals surface area contributed by atoms with Gasteiger partial charge in [-0.05, 0) is 43.0 Å². The van der Waals surface area contributed by atoms with E-state index in [1.54, 1.807) is 18.2 Å². The van der Waals surface area contributed by atoms with Gasteiger partial charge in [0.2, 0.25) is 10.0 Å². The number of rotatable bonds is 9. The summed E-state index contributed by atoms with van der Waals surface area (Å²) < 4.78 is 26.9. The highest BCUT2D eigenvalue weighted by Crippen LogP contribution is 2.16. The van der Waals surface area contributed by atoms with Crippen LogP contribution >= 0.6 is 0 Å². The Morgan fingerprint density at radius 1 is 1.14 bits per heavy atom. The number of nitrogen functional groups attached to an aromatic ring is 1. The first-order valence-electron chi connectivity index (χ1n) is 7.68. The van der Waals surface area contributed by atoms with Gasteiger partial charge in [0.15, 0.2) is 0 Å². The van der Waals surface area contributed by atoms with Crippen molar-refractivity contribution in [3.05, 3.63) is 23.8 Å². The Labute approximate surface area is 129 Å². The maximum atomic E-state index is 12.1. The van der Waals surface area contributed by atoms with Gasteiger partial charge in [0.05, 0.1) is 4.90 Å². The van der Waals surface area contributed by atoms with Crippen LogP contribution in [-0.2, 0) is 10.0 Å². The maximum absolute atomic E-state index is 12.1. The number of aryl methyl sites for hydroxylation is 1. The quantitative estimate of drug-likeness (QED) is 0.542. The Morgan fingerprint density at radius 3 is 2.43 bits per heavy atom. The molecule has 0 spiro atoms. The molecule has 0 radical (unpaired) electrons. The normalized spacial score (nSPS) is 12.0. The van der Waals surface area contributed by atoms with Gasteiger partial charge in [-0.3, -0.25) is 0 Å². The van der Waals surface area contributed by atoms with Crippen molar-refractivity contribution in [2.24, 2.45) is 5.92 Å². The number of anilines is 1. The minimum Gasteiger partial charge on any atom is -0.399 e. The van der Waals surface area contributed by atoms with E-state index in [2.05, 4.69) is 18.6 Å². The Bertz CT molecular complexity index is 539. The van der Waals surface area contributed by atoms with Crippen LogP contribution in [0.1, 0.15) is 51.5 Å². The van der Waals surface area contributed by atoms with Crippen LogP contribution in [0.5, 0.6) is 0 Å². The zero-order chi connectivity index (χ0) is 15.9. The molecule has 0 aromatic heterocycles. The highest BCUT2D eigenvalue weighted by molar-refractivity contribution is 7.89. The molecule has 0 saturated carbocycles. The van der Waals surface area contributed by atoms with Crippen LogP contribution < -0.4 is 10.5 Å². The van der Waals surface area contributed by atoms with Crippen molar-refractivity contribution in [1.29, 1.82) is 0 Å². The summed E-state index contributed by atoms with van der Waals surface area (Å²) in [4.78, 5) is 0.286. The lowest BCUT2D eigenvalue weighted by Crippen LogP contribution is -2.24. The maximum Gasteiger partial charge on any atom is 0.240 e. The van der Waals surface area contributed by atoms with Gasteiger partial charge in [-0.25, -0.2) is 13.1 Å². The number of nitrogens with two attached hydrogens (primary N) is 1. The molecule has 21 heavy (non-hydrogen) atoms. The van der Waals surface area contributed by atoms with Crippen molar-refractivity contribution < 1.29 is 8.42 Å². The van der Waals surface area contributed by atoms with E-state index in [1.165, 1.54) is 19.3 Å². The van der Waals surface area contributed by atoms with Crippen LogP contribution in [0, 0.1) is 12.8 Å². The molecule has 0 bridgehead atoms. The molecule has 4 nitrogen and oxygen atoms in total. The average Bonchev–Trinajstić information content (AvgIpc) is 2.40. The summed E-state index contributed by atoms with van der Waals surface area (Å²) in [5.74, 6) is 0.747.